The van der Waals surface area contributed by atoms with Gasteiger partial charge in [-0.1, -0.05) is 18.2 Å². The molecule has 0 spiro atoms. The van der Waals surface area contributed by atoms with Gasteiger partial charge in [0.2, 0.25) is 5.91 Å². The van der Waals surface area contributed by atoms with E-state index >= 15 is 0 Å². The van der Waals surface area contributed by atoms with E-state index < -0.39 is 29.5 Å². The highest BCUT2D eigenvalue weighted by molar-refractivity contribution is 8.00. The van der Waals surface area contributed by atoms with Crippen molar-refractivity contribution in [2.45, 2.75) is 44.2 Å². The summed E-state index contributed by atoms with van der Waals surface area (Å²) in [6.07, 6.45) is -0.0343. The molecule has 0 saturated carbocycles. The molecule has 0 saturated heterocycles. The third kappa shape index (κ3) is 7.93. The molecular formula is C30H31N3O8S2. The van der Waals surface area contributed by atoms with Crippen molar-refractivity contribution >= 4 is 63.6 Å². The van der Waals surface area contributed by atoms with E-state index in [1.165, 1.54) is 42.3 Å². The molecule has 0 bridgehead atoms. The zero-order chi connectivity index (χ0) is 31.3. The molecule has 0 atom stereocenters. The van der Waals surface area contributed by atoms with Crippen molar-refractivity contribution in [1.29, 1.82) is 0 Å². The molecule has 13 heteroatoms. The Hall–Kier alpha value is -4.36. The minimum absolute atomic E-state index is 0.00641. The van der Waals surface area contributed by atoms with Crippen LogP contribution in [0.5, 0.6) is 0 Å². The number of anilines is 2. The molecule has 226 valence electrons. The van der Waals surface area contributed by atoms with E-state index in [-0.39, 0.29) is 34.9 Å². The third-order valence-corrected chi connectivity index (χ3v) is 8.34. The van der Waals surface area contributed by atoms with Gasteiger partial charge in [0.25, 0.3) is 5.91 Å². The summed E-state index contributed by atoms with van der Waals surface area (Å²) in [5.74, 6) is -2.70. The number of rotatable bonds is 8. The molecule has 43 heavy (non-hydrogen) atoms. The summed E-state index contributed by atoms with van der Waals surface area (Å²) in [6, 6.07) is 12.7. The van der Waals surface area contributed by atoms with E-state index in [0.29, 0.717) is 28.5 Å². The number of aromatic carboxylic acids is 1. The lowest BCUT2D eigenvalue weighted by Crippen LogP contribution is -2.39. The average Bonchev–Trinajstić information content (AvgIpc) is 3.31. The van der Waals surface area contributed by atoms with Crippen molar-refractivity contribution in [3.63, 3.8) is 0 Å². The molecule has 0 fully saturated rings. The zero-order valence-electron chi connectivity index (χ0n) is 24.0. The first-order valence-electron chi connectivity index (χ1n) is 13.2. The van der Waals surface area contributed by atoms with Crippen molar-refractivity contribution in [2.75, 3.05) is 30.0 Å². The molecule has 0 unspecified atom stereocenters. The summed E-state index contributed by atoms with van der Waals surface area (Å²) >= 11 is 2.44. The van der Waals surface area contributed by atoms with Gasteiger partial charge in [-0.05, 0) is 63.1 Å². The molecule has 1 aliphatic rings. The lowest BCUT2D eigenvalue weighted by molar-refractivity contribution is -0.113. The van der Waals surface area contributed by atoms with E-state index in [4.69, 9.17) is 9.47 Å². The molecule has 1 aliphatic heterocycles. The number of benzene rings is 2. The number of thiophene rings is 1. The molecule has 4 rings (SSSR count). The summed E-state index contributed by atoms with van der Waals surface area (Å²) in [4.78, 5) is 65.4. The second-order valence-corrected chi connectivity index (χ2v) is 12.7. The number of fused-ring (bicyclic) bond motifs is 1. The molecule has 0 aliphatic carbocycles. The number of nitrogens with one attached hydrogen (secondary N) is 2. The van der Waals surface area contributed by atoms with Crippen molar-refractivity contribution in [2.24, 2.45) is 0 Å². The second-order valence-electron chi connectivity index (χ2n) is 10.5. The largest absolute Gasteiger partial charge is 0.478 e. The number of hydrogen-bond acceptors (Lipinski definition) is 9. The molecular weight excluding hydrogens is 594 g/mol. The van der Waals surface area contributed by atoms with Crippen LogP contribution in [0.4, 0.5) is 15.5 Å². The fourth-order valence-corrected chi connectivity index (χ4v) is 6.36. The van der Waals surface area contributed by atoms with Crippen LogP contribution in [0.2, 0.25) is 0 Å². The van der Waals surface area contributed by atoms with Crippen LogP contribution in [0.25, 0.3) is 0 Å². The standard InChI is InChI=1S/C30H31N3O8S2/c1-30(2,3)41-29(39)33-13-12-21-22(15-33)43-26(24(21)28(38)40-4)32-23(34)16-42-18-9-7-8-17(14-18)31-25(35)19-10-5-6-11-20(19)27(36)37/h5-11,14H,12-13,15-16H2,1-4H3,(H,31,35)(H,32,34)(H,36,37). The minimum atomic E-state index is -1.21. The number of carboxylic acid groups (broad SMARTS) is 1. The maximum absolute atomic E-state index is 13.0. The molecule has 3 N–H and O–H groups in total. The Balaban J connectivity index is 1.42. The number of ether oxygens (including phenoxy) is 2. The van der Waals surface area contributed by atoms with Crippen LogP contribution < -0.4 is 10.6 Å². The van der Waals surface area contributed by atoms with Crippen molar-refractivity contribution in [3.8, 4) is 0 Å². The van der Waals surface area contributed by atoms with Crippen LogP contribution in [-0.4, -0.2) is 64.9 Å². The Kier molecular flexibility index (Phi) is 9.77. The number of hydrogen-bond donors (Lipinski definition) is 3. The summed E-state index contributed by atoms with van der Waals surface area (Å²) in [7, 11) is 1.27. The molecule has 11 nitrogen and oxygen atoms in total. The van der Waals surface area contributed by atoms with Gasteiger partial charge in [0.05, 0.1) is 36.1 Å². The first kappa shape index (κ1) is 31.6. The van der Waals surface area contributed by atoms with Crippen molar-refractivity contribution in [1.82, 2.24) is 4.90 Å². The summed E-state index contributed by atoms with van der Waals surface area (Å²) in [5, 5.41) is 15.2. The fraction of sp³-hybridized carbons (Fsp3) is 0.300. The van der Waals surface area contributed by atoms with E-state index in [2.05, 4.69) is 10.6 Å². The fourth-order valence-electron chi connectivity index (χ4n) is 4.33. The smallest absolute Gasteiger partial charge is 0.410 e. The van der Waals surface area contributed by atoms with Gasteiger partial charge < -0.3 is 30.1 Å². The van der Waals surface area contributed by atoms with Gasteiger partial charge in [0, 0.05) is 22.0 Å². The molecule has 3 amide bonds. The number of carbonyl (C=O) groups excluding carboxylic acids is 4. The maximum Gasteiger partial charge on any atom is 0.410 e. The van der Waals surface area contributed by atoms with Gasteiger partial charge in [-0.25, -0.2) is 14.4 Å². The Bertz CT molecular complexity index is 1580. The Morgan fingerprint density at radius 1 is 1.02 bits per heavy atom. The number of carboxylic acids is 1. The van der Waals surface area contributed by atoms with E-state index in [9.17, 15) is 29.1 Å². The zero-order valence-corrected chi connectivity index (χ0v) is 25.6. The number of thioether (sulfide) groups is 1. The lowest BCUT2D eigenvalue weighted by Gasteiger charge is -2.30. The van der Waals surface area contributed by atoms with E-state index in [0.717, 1.165) is 10.4 Å². The van der Waals surface area contributed by atoms with Crippen LogP contribution in [0.15, 0.2) is 53.4 Å². The number of methoxy groups -OCH3 is 1. The predicted molar refractivity (Wildman–Crippen MR) is 163 cm³/mol. The highest BCUT2D eigenvalue weighted by Gasteiger charge is 2.32. The Morgan fingerprint density at radius 2 is 1.74 bits per heavy atom. The van der Waals surface area contributed by atoms with Crippen molar-refractivity contribution in [3.05, 3.63) is 75.7 Å². The van der Waals surface area contributed by atoms with Gasteiger partial charge in [0.15, 0.2) is 0 Å². The highest BCUT2D eigenvalue weighted by atomic mass is 32.2. The van der Waals surface area contributed by atoms with Gasteiger partial charge in [-0.15, -0.1) is 23.1 Å². The maximum atomic E-state index is 13.0. The number of nitrogens with zero attached hydrogens (tertiary/aromatic N) is 1. The first-order chi connectivity index (χ1) is 20.4. The van der Waals surface area contributed by atoms with E-state index in [1.807, 2.05) is 0 Å². The SMILES string of the molecule is COC(=O)c1c(NC(=O)CSc2cccc(NC(=O)c3ccccc3C(=O)O)c2)sc2c1CCN(C(=O)OC(C)(C)C)C2. The predicted octanol–water partition coefficient (Wildman–Crippen LogP) is 5.51. The summed E-state index contributed by atoms with van der Waals surface area (Å²) < 4.78 is 10.5. The quantitative estimate of drug-likeness (QED) is 0.217. The molecule has 2 aromatic carbocycles. The molecule has 1 aromatic heterocycles. The van der Waals surface area contributed by atoms with Crippen LogP contribution in [0, 0.1) is 0 Å². The van der Waals surface area contributed by atoms with E-state index in [1.54, 1.807) is 62.1 Å². The normalized spacial score (nSPS) is 12.6. The van der Waals surface area contributed by atoms with Gasteiger partial charge in [-0.3, -0.25) is 9.59 Å². The van der Waals surface area contributed by atoms with Gasteiger partial charge in [-0.2, -0.15) is 0 Å². The lowest BCUT2D eigenvalue weighted by atomic mass is 10.0. The second kappa shape index (κ2) is 13.3. The average molecular weight is 626 g/mol. The highest BCUT2D eigenvalue weighted by Crippen LogP contribution is 2.38. The first-order valence-corrected chi connectivity index (χ1v) is 15.0. The van der Waals surface area contributed by atoms with Crippen LogP contribution >= 0.6 is 23.1 Å². The third-order valence-electron chi connectivity index (χ3n) is 6.21. The summed E-state index contributed by atoms with van der Waals surface area (Å²) in [6.45, 7) is 5.99. The number of carbonyl (C=O) groups is 5. The monoisotopic (exact) mass is 625 g/mol. The summed E-state index contributed by atoms with van der Waals surface area (Å²) in [5.41, 5.74) is 0.744. The van der Waals surface area contributed by atoms with Gasteiger partial charge >= 0.3 is 18.0 Å². The van der Waals surface area contributed by atoms with Crippen LogP contribution in [0.3, 0.4) is 0 Å². The Morgan fingerprint density at radius 3 is 2.42 bits per heavy atom. The topological polar surface area (TPSA) is 151 Å². The van der Waals surface area contributed by atoms with Crippen molar-refractivity contribution < 1.29 is 38.6 Å². The Labute approximate surface area is 256 Å². The molecule has 0 radical (unpaired) electrons. The molecule has 2 heterocycles. The number of amides is 3. The molecule has 3 aromatic rings. The van der Waals surface area contributed by atoms with Gasteiger partial charge in [0.1, 0.15) is 10.6 Å². The van der Waals surface area contributed by atoms with Crippen LogP contribution in [-0.2, 0) is 27.2 Å². The van der Waals surface area contributed by atoms with Crippen LogP contribution in [0.1, 0.15) is 62.3 Å². The number of esters is 1. The minimum Gasteiger partial charge on any atom is -0.478 e.